The minimum absolute atomic E-state index is 0.00447. The number of ether oxygens (including phenoxy) is 1. The number of carbonyl (C=O) groups is 4. The van der Waals surface area contributed by atoms with Crippen LogP contribution in [0.2, 0.25) is 0 Å². The zero-order valence-electron chi connectivity index (χ0n) is 18.1. The van der Waals surface area contributed by atoms with E-state index in [2.05, 4.69) is 5.32 Å². The molecule has 2 unspecified atom stereocenters. The number of halogens is 1. The lowest BCUT2D eigenvalue weighted by atomic mass is 9.95. The predicted molar refractivity (Wildman–Crippen MR) is 118 cm³/mol. The van der Waals surface area contributed by atoms with Gasteiger partial charge < -0.3 is 15.2 Å². The Bertz CT molecular complexity index is 1060. The molecule has 2 amide bonds. The fourth-order valence-electron chi connectivity index (χ4n) is 3.82. The summed E-state index contributed by atoms with van der Waals surface area (Å²) in [5, 5.41) is 11.3. The van der Waals surface area contributed by atoms with Crippen LogP contribution in [0.5, 0.6) is 0 Å². The summed E-state index contributed by atoms with van der Waals surface area (Å²) in [7, 11) is 0. The molecule has 2 aromatic carbocycles. The maximum atomic E-state index is 13.1. The summed E-state index contributed by atoms with van der Waals surface area (Å²) in [5.41, 5.74) is 3.12. The molecule has 3 rings (SSSR count). The van der Waals surface area contributed by atoms with Crippen LogP contribution in [0, 0.1) is 6.92 Å². The highest BCUT2D eigenvalue weighted by atomic mass is 19.1. The van der Waals surface area contributed by atoms with Crippen LogP contribution >= 0.6 is 0 Å². The average molecular weight is 456 g/mol. The molecule has 33 heavy (non-hydrogen) atoms. The number of para-hydroxylation sites is 1. The van der Waals surface area contributed by atoms with Crippen LogP contribution in [0.1, 0.15) is 29.5 Å². The largest absolute Gasteiger partial charge is 0.481 e. The molecule has 2 aromatic rings. The molecule has 8 nitrogen and oxygen atoms in total. The third-order valence-electron chi connectivity index (χ3n) is 5.41. The van der Waals surface area contributed by atoms with E-state index in [0.717, 1.165) is 16.7 Å². The summed E-state index contributed by atoms with van der Waals surface area (Å²) in [6, 6.07) is 11.9. The lowest BCUT2D eigenvalue weighted by Crippen LogP contribution is -2.55. The molecular formula is C24H25FN2O6. The van der Waals surface area contributed by atoms with Crippen molar-refractivity contribution >= 4 is 29.4 Å². The first kappa shape index (κ1) is 23.9. The summed E-state index contributed by atoms with van der Waals surface area (Å²) in [5.74, 6) is -3.15. The van der Waals surface area contributed by atoms with Gasteiger partial charge in [0.25, 0.3) is 0 Å². The van der Waals surface area contributed by atoms with Gasteiger partial charge in [0.15, 0.2) is 5.78 Å². The van der Waals surface area contributed by atoms with E-state index in [-0.39, 0.29) is 13.0 Å². The Morgan fingerprint density at radius 1 is 1.18 bits per heavy atom. The Morgan fingerprint density at radius 3 is 2.64 bits per heavy atom. The zero-order valence-corrected chi connectivity index (χ0v) is 18.1. The van der Waals surface area contributed by atoms with E-state index >= 15 is 0 Å². The maximum Gasteiger partial charge on any atom is 0.415 e. The van der Waals surface area contributed by atoms with Crippen molar-refractivity contribution in [3.63, 3.8) is 0 Å². The Labute approximate surface area is 190 Å². The number of nitrogens with zero attached hydrogens (tertiary/aromatic N) is 1. The standard InChI is InChI=1S/C24H25FN2O6/c1-15-5-4-6-16(11-15)14-33-24(32)27-19-8-3-2-7-17(19)9-10-20(27)23(31)26-18(12-22(29)30)21(28)13-25/h2-8,11,18,20H,9-10,12-14H2,1H3,(H,26,31)(H,29,30). The van der Waals surface area contributed by atoms with Crippen LogP contribution in [0.4, 0.5) is 14.9 Å². The van der Waals surface area contributed by atoms with Gasteiger partial charge in [0.2, 0.25) is 5.91 Å². The van der Waals surface area contributed by atoms with Gasteiger partial charge in [-0.3, -0.25) is 19.3 Å². The number of carboxylic acid groups (broad SMARTS) is 1. The van der Waals surface area contributed by atoms with Crippen molar-refractivity contribution in [1.82, 2.24) is 5.32 Å². The minimum Gasteiger partial charge on any atom is -0.481 e. The number of ketones is 1. The average Bonchev–Trinajstić information content (AvgIpc) is 2.80. The van der Waals surface area contributed by atoms with Crippen molar-refractivity contribution < 1.29 is 33.4 Å². The van der Waals surface area contributed by atoms with Gasteiger partial charge in [-0.1, -0.05) is 48.0 Å². The highest BCUT2D eigenvalue weighted by Gasteiger charge is 2.38. The molecule has 1 aliphatic rings. The molecule has 0 radical (unpaired) electrons. The Morgan fingerprint density at radius 2 is 1.94 bits per heavy atom. The maximum absolute atomic E-state index is 13.1. The Balaban J connectivity index is 1.83. The molecule has 0 saturated carbocycles. The van der Waals surface area contributed by atoms with Crippen LogP contribution in [0.3, 0.4) is 0 Å². The van der Waals surface area contributed by atoms with E-state index in [1.165, 1.54) is 4.90 Å². The smallest absolute Gasteiger partial charge is 0.415 e. The molecule has 9 heteroatoms. The lowest BCUT2D eigenvalue weighted by Gasteiger charge is -2.36. The number of benzene rings is 2. The number of rotatable bonds is 8. The quantitative estimate of drug-likeness (QED) is 0.632. The molecule has 2 atom stereocenters. The van der Waals surface area contributed by atoms with Gasteiger partial charge in [-0.2, -0.15) is 0 Å². The molecule has 0 fully saturated rings. The first-order valence-electron chi connectivity index (χ1n) is 10.5. The Kier molecular flexibility index (Phi) is 7.76. The minimum atomic E-state index is -1.53. The number of carboxylic acids is 1. The summed E-state index contributed by atoms with van der Waals surface area (Å²) >= 11 is 0. The monoisotopic (exact) mass is 456 g/mol. The number of aliphatic carboxylic acids is 1. The van der Waals surface area contributed by atoms with E-state index < -0.39 is 48.9 Å². The van der Waals surface area contributed by atoms with Crippen molar-refractivity contribution in [2.45, 2.75) is 44.9 Å². The van der Waals surface area contributed by atoms with Crippen molar-refractivity contribution in [3.05, 3.63) is 65.2 Å². The first-order chi connectivity index (χ1) is 15.8. The van der Waals surface area contributed by atoms with Crippen molar-refractivity contribution in [3.8, 4) is 0 Å². The normalized spacial score (nSPS) is 15.8. The van der Waals surface area contributed by atoms with Gasteiger partial charge in [0, 0.05) is 0 Å². The summed E-state index contributed by atoms with van der Waals surface area (Å²) in [6.45, 7) is 0.502. The number of Topliss-reactive ketones (excluding diaryl/α,β-unsaturated/α-hetero) is 1. The SMILES string of the molecule is Cc1cccc(COC(=O)N2c3ccccc3CCC2C(=O)NC(CC(=O)O)C(=O)CF)c1. The zero-order chi connectivity index (χ0) is 24.0. The molecule has 0 bridgehead atoms. The van der Waals surface area contributed by atoms with E-state index in [1.54, 1.807) is 12.1 Å². The second-order valence-corrected chi connectivity index (χ2v) is 7.86. The number of alkyl halides is 1. The lowest BCUT2D eigenvalue weighted by molar-refractivity contribution is -0.140. The van der Waals surface area contributed by atoms with Gasteiger partial charge in [-0.05, 0) is 37.0 Å². The highest BCUT2D eigenvalue weighted by Crippen LogP contribution is 2.31. The van der Waals surface area contributed by atoms with Gasteiger partial charge in [-0.15, -0.1) is 0 Å². The van der Waals surface area contributed by atoms with Crippen LogP contribution in [-0.4, -0.2) is 47.6 Å². The third-order valence-corrected chi connectivity index (χ3v) is 5.41. The van der Waals surface area contributed by atoms with E-state index in [9.17, 15) is 23.6 Å². The molecular weight excluding hydrogens is 431 g/mol. The van der Waals surface area contributed by atoms with Crippen LogP contribution in [-0.2, 0) is 32.1 Å². The Hall–Kier alpha value is -3.75. The molecule has 2 N–H and O–H groups in total. The van der Waals surface area contributed by atoms with Gasteiger partial charge in [-0.25, -0.2) is 9.18 Å². The molecule has 0 saturated heterocycles. The first-order valence-corrected chi connectivity index (χ1v) is 10.5. The molecule has 1 heterocycles. The summed E-state index contributed by atoms with van der Waals surface area (Å²) in [4.78, 5) is 50.2. The number of nitrogens with one attached hydrogen (secondary N) is 1. The highest BCUT2D eigenvalue weighted by molar-refractivity contribution is 6.01. The predicted octanol–water partition coefficient (Wildman–Crippen LogP) is 2.95. The second-order valence-electron chi connectivity index (χ2n) is 7.86. The molecule has 174 valence electrons. The molecule has 1 aliphatic heterocycles. The number of aryl methyl sites for hydroxylation is 2. The molecule has 0 aromatic heterocycles. The summed E-state index contributed by atoms with van der Waals surface area (Å²) < 4.78 is 18.4. The molecule has 0 spiro atoms. The van der Waals surface area contributed by atoms with E-state index in [1.807, 2.05) is 43.3 Å². The summed E-state index contributed by atoms with van der Waals surface area (Å²) in [6.07, 6.45) is -0.798. The van der Waals surface area contributed by atoms with Crippen molar-refractivity contribution in [1.29, 1.82) is 0 Å². The van der Waals surface area contributed by atoms with E-state index in [4.69, 9.17) is 9.84 Å². The number of amides is 2. The van der Waals surface area contributed by atoms with Gasteiger partial charge in [0.05, 0.1) is 12.1 Å². The number of hydrogen-bond acceptors (Lipinski definition) is 5. The van der Waals surface area contributed by atoms with Crippen LogP contribution in [0.25, 0.3) is 0 Å². The van der Waals surface area contributed by atoms with Crippen molar-refractivity contribution in [2.75, 3.05) is 11.6 Å². The van der Waals surface area contributed by atoms with E-state index in [0.29, 0.717) is 12.1 Å². The molecule has 0 aliphatic carbocycles. The fraction of sp³-hybridized carbons (Fsp3) is 0.333. The van der Waals surface area contributed by atoms with Crippen LogP contribution in [0.15, 0.2) is 48.5 Å². The topological polar surface area (TPSA) is 113 Å². The van der Waals surface area contributed by atoms with Crippen molar-refractivity contribution in [2.24, 2.45) is 0 Å². The number of carbonyl (C=O) groups excluding carboxylic acids is 3. The third kappa shape index (κ3) is 5.94. The fourth-order valence-corrected chi connectivity index (χ4v) is 3.82. The second kappa shape index (κ2) is 10.7. The van der Waals surface area contributed by atoms with Gasteiger partial charge >= 0.3 is 12.1 Å². The number of fused-ring (bicyclic) bond motifs is 1. The number of anilines is 1. The number of hydrogen-bond donors (Lipinski definition) is 2. The van der Waals surface area contributed by atoms with Crippen LogP contribution < -0.4 is 10.2 Å². The van der Waals surface area contributed by atoms with Gasteiger partial charge in [0.1, 0.15) is 25.4 Å².